The summed E-state index contributed by atoms with van der Waals surface area (Å²) in [6, 6.07) is 7.45. The van der Waals surface area contributed by atoms with Crippen LogP contribution in [-0.2, 0) is 0 Å². The molecule has 180 valence electrons. The van der Waals surface area contributed by atoms with Gasteiger partial charge >= 0.3 is 0 Å². The minimum atomic E-state index is -0.0225. The molecule has 2 fully saturated rings. The molecule has 0 radical (unpaired) electrons. The van der Waals surface area contributed by atoms with Gasteiger partial charge in [-0.1, -0.05) is 0 Å². The molecule has 2 aliphatic heterocycles. The number of hydrogen-bond acceptors (Lipinski definition) is 9. The van der Waals surface area contributed by atoms with E-state index in [1.54, 1.807) is 18.3 Å². The normalized spacial score (nSPS) is 19.7. The van der Waals surface area contributed by atoms with Crippen molar-refractivity contribution in [2.45, 2.75) is 38.8 Å². The van der Waals surface area contributed by atoms with Crippen LogP contribution in [0.3, 0.4) is 0 Å². The molecule has 3 aromatic rings. The molecular weight excluding hydrogens is 444 g/mol. The van der Waals surface area contributed by atoms with Crippen molar-refractivity contribution in [2.24, 2.45) is 5.73 Å². The van der Waals surface area contributed by atoms with E-state index in [1.165, 1.54) is 6.20 Å². The fraction of sp³-hybridized carbons (Fsp3) is 0.333. The number of carbonyl (C=O) groups excluding carboxylic acids is 1. The summed E-state index contributed by atoms with van der Waals surface area (Å²) >= 11 is 0. The minimum Gasteiger partial charge on any atom is -0.404 e. The smallest absolute Gasteiger partial charge is 0.256 e. The summed E-state index contributed by atoms with van der Waals surface area (Å²) in [4.78, 5) is 31.3. The van der Waals surface area contributed by atoms with Crippen LogP contribution in [0.5, 0.6) is 0 Å². The Kier molecular flexibility index (Phi) is 5.89. The number of aromatic amines is 1. The molecular formula is C24H28N10O. The lowest BCUT2D eigenvalue weighted by molar-refractivity contribution is 0.0640. The first kappa shape index (κ1) is 22.5. The average molecular weight is 473 g/mol. The quantitative estimate of drug-likeness (QED) is 0.399. The number of aryl methyl sites for hydroxylation is 2. The highest BCUT2D eigenvalue weighted by Gasteiger charge is 2.43. The molecule has 0 saturated carbocycles. The van der Waals surface area contributed by atoms with E-state index in [2.05, 4.69) is 30.4 Å². The third-order valence-corrected chi connectivity index (χ3v) is 6.45. The van der Waals surface area contributed by atoms with E-state index in [9.17, 15) is 4.79 Å². The molecule has 2 saturated heterocycles. The molecule has 2 aliphatic rings. The van der Waals surface area contributed by atoms with Crippen LogP contribution in [0.2, 0.25) is 0 Å². The van der Waals surface area contributed by atoms with Gasteiger partial charge in [0.05, 0.1) is 23.3 Å². The third-order valence-electron chi connectivity index (χ3n) is 6.45. The lowest BCUT2D eigenvalue weighted by Crippen LogP contribution is -2.56. The maximum atomic E-state index is 13.4. The van der Waals surface area contributed by atoms with Crippen molar-refractivity contribution in [3.8, 4) is 0 Å². The third kappa shape index (κ3) is 4.44. The van der Waals surface area contributed by atoms with Crippen molar-refractivity contribution >= 4 is 35.3 Å². The number of piperazine rings is 1. The number of nitrogens with two attached hydrogens (primary N) is 1. The summed E-state index contributed by atoms with van der Waals surface area (Å²) in [5.41, 5.74) is 8.97. The highest BCUT2D eigenvalue weighted by molar-refractivity contribution is 6.07. The van der Waals surface area contributed by atoms with Gasteiger partial charge in [-0.25, -0.2) is 4.98 Å². The lowest BCUT2D eigenvalue weighted by Gasteiger charge is -2.41. The van der Waals surface area contributed by atoms with Gasteiger partial charge in [0.2, 0.25) is 5.95 Å². The Morgan fingerprint density at radius 1 is 1.17 bits per heavy atom. The summed E-state index contributed by atoms with van der Waals surface area (Å²) in [6.45, 7) is 5.24. The molecule has 1 amide bonds. The van der Waals surface area contributed by atoms with Gasteiger partial charge in [-0.05, 0) is 38.8 Å². The number of nitrogens with one attached hydrogen (secondary N) is 3. The molecule has 2 bridgehead atoms. The van der Waals surface area contributed by atoms with Crippen molar-refractivity contribution in [2.75, 3.05) is 23.3 Å². The first-order chi connectivity index (χ1) is 16.9. The van der Waals surface area contributed by atoms with Gasteiger partial charge in [-0.3, -0.25) is 14.9 Å². The molecule has 3 aromatic heterocycles. The number of aromatic nitrogens is 5. The molecule has 11 nitrogen and oxygen atoms in total. The van der Waals surface area contributed by atoms with Crippen molar-refractivity contribution < 1.29 is 4.79 Å². The molecule has 11 heteroatoms. The van der Waals surface area contributed by atoms with Crippen LogP contribution in [-0.4, -0.2) is 67.3 Å². The van der Waals surface area contributed by atoms with Crippen LogP contribution in [0.1, 0.15) is 40.3 Å². The summed E-state index contributed by atoms with van der Waals surface area (Å²) in [5.74, 6) is 2.02. The topological polar surface area (TPSA) is 153 Å². The molecule has 0 aliphatic carbocycles. The second-order valence-electron chi connectivity index (χ2n) is 8.96. The van der Waals surface area contributed by atoms with Gasteiger partial charge in [0.15, 0.2) is 5.82 Å². The molecule has 5 N–H and O–H groups in total. The van der Waals surface area contributed by atoms with Crippen LogP contribution in [0.25, 0.3) is 5.57 Å². The van der Waals surface area contributed by atoms with Crippen LogP contribution < -0.4 is 16.0 Å². The molecule has 0 spiro atoms. The van der Waals surface area contributed by atoms with Crippen LogP contribution >= 0.6 is 0 Å². The summed E-state index contributed by atoms with van der Waals surface area (Å²) in [5, 5.41) is 17.8. The van der Waals surface area contributed by atoms with Crippen molar-refractivity contribution in [3.05, 3.63) is 59.3 Å². The fourth-order valence-corrected chi connectivity index (χ4v) is 4.82. The zero-order valence-corrected chi connectivity index (χ0v) is 19.7. The van der Waals surface area contributed by atoms with E-state index in [1.807, 2.05) is 30.9 Å². The van der Waals surface area contributed by atoms with Gasteiger partial charge in [0.25, 0.3) is 5.91 Å². The zero-order valence-electron chi connectivity index (χ0n) is 19.7. The van der Waals surface area contributed by atoms with Crippen molar-refractivity contribution in [3.63, 3.8) is 0 Å². The number of pyridine rings is 1. The average Bonchev–Trinajstić information content (AvgIpc) is 3.38. The van der Waals surface area contributed by atoms with E-state index >= 15 is 0 Å². The van der Waals surface area contributed by atoms with Crippen LogP contribution in [0, 0.1) is 19.3 Å². The number of anilines is 3. The highest BCUT2D eigenvalue weighted by atomic mass is 16.2. The van der Waals surface area contributed by atoms with Gasteiger partial charge < -0.3 is 26.3 Å². The number of fused-ring (bicyclic) bond motifs is 2. The van der Waals surface area contributed by atoms with Gasteiger partial charge in [-0.15, -0.1) is 0 Å². The number of amides is 1. The second kappa shape index (κ2) is 9.16. The Balaban J connectivity index is 1.32. The van der Waals surface area contributed by atoms with Crippen LogP contribution in [0.4, 0.5) is 17.6 Å². The van der Waals surface area contributed by atoms with Crippen molar-refractivity contribution in [1.82, 2.24) is 30.0 Å². The lowest BCUT2D eigenvalue weighted by atomic mass is 10.1. The molecule has 35 heavy (non-hydrogen) atoms. The van der Waals surface area contributed by atoms with E-state index in [4.69, 9.17) is 16.1 Å². The maximum absolute atomic E-state index is 13.4. The number of nitrogens with zero attached hydrogens (tertiary/aromatic N) is 6. The minimum absolute atomic E-state index is 0.0225. The number of rotatable bonds is 6. The SMILES string of the molecule is Cc1cc(Nc2cc(C)[nH]n2)nc(N2CC3CCC(C2)N3C(=O)c2ccc(/C(C=N)=C/N)nc2)n1. The highest BCUT2D eigenvalue weighted by Crippen LogP contribution is 2.33. The monoisotopic (exact) mass is 472 g/mol. The van der Waals surface area contributed by atoms with Gasteiger partial charge in [0, 0.05) is 60.8 Å². The number of hydrogen-bond donors (Lipinski definition) is 4. The van der Waals surface area contributed by atoms with E-state index < -0.39 is 0 Å². The summed E-state index contributed by atoms with van der Waals surface area (Å²) < 4.78 is 0. The zero-order chi connectivity index (χ0) is 24.5. The molecule has 5 heterocycles. The number of H-pyrrole nitrogens is 1. The Morgan fingerprint density at radius 2 is 1.94 bits per heavy atom. The molecule has 2 atom stereocenters. The van der Waals surface area contributed by atoms with Gasteiger partial charge in [0.1, 0.15) is 5.82 Å². The van der Waals surface area contributed by atoms with E-state index in [-0.39, 0.29) is 18.0 Å². The Labute approximate surface area is 203 Å². The Bertz CT molecular complexity index is 1270. The predicted octanol–water partition coefficient (Wildman–Crippen LogP) is 2.40. The van der Waals surface area contributed by atoms with E-state index in [0.717, 1.165) is 30.4 Å². The maximum Gasteiger partial charge on any atom is 0.256 e. The second-order valence-corrected chi connectivity index (χ2v) is 8.96. The number of allylic oxidation sites excluding steroid dienone is 1. The number of carbonyl (C=O) groups is 1. The predicted molar refractivity (Wildman–Crippen MR) is 134 cm³/mol. The Morgan fingerprint density at radius 3 is 2.54 bits per heavy atom. The first-order valence-electron chi connectivity index (χ1n) is 11.6. The Hall–Kier alpha value is -4.28. The molecule has 2 unspecified atom stereocenters. The molecule has 0 aromatic carbocycles. The molecule has 5 rings (SSSR count). The summed E-state index contributed by atoms with van der Waals surface area (Å²) in [7, 11) is 0. The fourth-order valence-electron chi connectivity index (χ4n) is 4.82. The van der Waals surface area contributed by atoms with Crippen LogP contribution in [0.15, 0.2) is 36.7 Å². The largest absolute Gasteiger partial charge is 0.404 e. The van der Waals surface area contributed by atoms with Gasteiger partial charge in [-0.2, -0.15) is 10.1 Å². The van der Waals surface area contributed by atoms with E-state index in [0.29, 0.717) is 47.5 Å². The standard InChI is InChI=1S/C24H28N10O/c1-14-7-21(29-22-8-15(2)31-32-22)30-24(28-14)33-12-18-4-5-19(13-33)34(18)23(35)16-3-6-20(27-11-16)17(9-25)10-26/h3,6-11,18-19,25H,4-5,12-13,26H2,1-2H3,(H2,28,29,30,31,32)/b17-10+,25-9?. The summed E-state index contributed by atoms with van der Waals surface area (Å²) in [6.07, 6.45) is 5.92. The first-order valence-corrected chi connectivity index (χ1v) is 11.6. The van der Waals surface area contributed by atoms with Crippen molar-refractivity contribution in [1.29, 1.82) is 5.41 Å².